The summed E-state index contributed by atoms with van der Waals surface area (Å²) in [7, 11) is 1.77. The predicted octanol–water partition coefficient (Wildman–Crippen LogP) is 4.26. The summed E-state index contributed by atoms with van der Waals surface area (Å²) in [6, 6.07) is 4.30. The zero-order chi connectivity index (χ0) is 17.1. The normalized spacial score (nSPS) is 16.5. The molecule has 5 heteroatoms. The van der Waals surface area contributed by atoms with E-state index in [-0.39, 0.29) is 11.9 Å². The third-order valence-electron chi connectivity index (χ3n) is 4.14. The van der Waals surface area contributed by atoms with E-state index in [1.807, 2.05) is 0 Å². The van der Waals surface area contributed by atoms with Crippen LogP contribution in [-0.2, 0) is 11.8 Å². The molecule has 0 radical (unpaired) electrons. The molecule has 0 bridgehead atoms. The van der Waals surface area contributed by atoms with Crippen LogP contribution in [0, 0.1) is 11.3 Å². The molecule has 2 heterocycles. The van der Waals surface area contributed by atoms with E-state index >= 15 is 0 Å². The van der Waals surface area contributed by atoms with Crippen molar-refractivity contribution in [1.82, 2.24) is 4.57 Å². The fourth-order valence-corrected chi connectivity index (χ4v) is 3.71. The number of esters is 1. The number of aryl methyl sites for hydroxylation is 1. The molecule has 122 valence electrons. The van der Waals surface area contributed by atoms with Gasteiger partial charge in [-0.25, -0.2) is 4.79 Å². The summed E-state index contributed by atoms with van der Waals surface area (Å²) >= 11 is 1.67. The number of nitrogens with zero attached hydrogens (tertiary/aromatic N) is 2. The van der Waals surface area contributed by atoms with Crippen LogP contribution in [0.3, 0.4) is 0 Å². The Hall–Kier alpha value is -2.58. The molecule has 0 saturated heterocycles. The van der Waals surface area contributed by atoms with Crippen LogP contribution in [0.15, 0.2) is 41.3 Å². The van der Waals surface area contributed by atoms with Crippen LogP contribution in [0.2, 0.25) is 0 Å². The molecule has 0 aliphatic heterocycles. The van der Waals surface area contributed by atoms with Gasteiger partial charge in [-0.15, -0.1) is 0 Å². The smallest absolute Gasteiger partial charge is 0.355 e. The van der Waals surface area contributed by atoms with E-state index in [4.69, 9.17) is 4.74 Å². The second-order valence-corrected chi connectivity index (χ2v) is 6.40. The topological polar surface area (TPSA) is 55.0 Å². The lowest BCUT2D eigenvalue weighted by molar-refractivity contribution is 0.0513. The second kappa shape index (κ2) is 6.90. The highest BCUT2D eigenvalue weighted by atomic mass is 32.1. The van der Waals surface area contributed by atoms with Gasteiger partial charge in [-0.05, 0) is 41.3 Å². The van der Waals surface area contributed by atoms with Crippen LogP contribution in [0.25, 0.3) is 5.57 Å². The largest absolute Gasteiger partial charge is 0.461 e. The SMILES string of the molecule is CCOC(=O)c1c(C2C=CC(c3ccsc3)=CC2)c(C#N)cn1C. The number of thiophene rings is 1. The number of rotatable bonds is 4. The molecule has 0 fully saturated rings. The first-order chi connectivity index (χ1) is 11.7. The van der Waals surface area contributed by atoms with Gasteiger partial charge in [0.05, 0.1) is 12.2 Å². The summed E-state index contributed by atoms with van der Waals surface area (Å²) in [6.07, 6.45) is 8.77. The highest BCUT2D eigenvalue weighted by Crippen LogP contribution is 2.35. The minimum absolute atomic E-state index is 0.00245. The van der Waals surface area contributed by atoms with Gasteiger partial charge in [0.1, 0.15) is 11.8 Å². The third-order valence-corrected chi connectivity index (χ3v) is 4.82. The van der Waals surface area contributed by atoms with Crippen molar-refractivity contribution in [2.75, 3.05) is 6.61 Å². The maximum atomic E-state index is 12.3. The van der Waals surface area contributed by atoms with Gasteiger partial charge >= 0.3 is 5.97 Å². The van der Waals surface area contributed by atoms with Crippen molar-refractivity contribution in [3.63, 3.8) is 0 Å². The second-order valence-electron chi connectivity index (χ2n) is 5.62. The Balaban J connectivity index is 1.95. The van der Waals surface area contributed by atoms with Gasteiger partial charge in [0.25, 0.3) is 0 Å². The first kappa shape index (κ1) is 16.3. The molecule has 4 nitrogen and oxygen atoms in total. The van der Waals surface area contributed by atoms with E-state index in [1.54, 1.807) is 36.1 Å². The van der Waals surface area contributed by atoms with Crippen LogP contribution in [-0.4, -0.2) is 17.1 Å². The van der Waals surface area contributed by atoms with Gasteiger partial charge in [-0.1, -0.05) is 18.2 Å². The number of nitriles is 1. The van der Waals surface area contributed by atoms with Crippen molar-refractivity contribution < 1.29 is 9.53 Å². The van der Waals surface area contributed by atoms with E-state index in [1.165, 1.54) is 11.1 Å². The van der Waals surface area contributed by atoms with E-state index < -0.39 is 0 Å². The van der Waals surface area contributed by atoms with E-state index in [9.17, 15) is 10.1 Å². The lowest BCUT2D eigenvalue weighted by Crippen LogP contribution is -2.14. The van der Waals surface area contributed by atoms with Gasteiger partial charge in [-0.3, -0.25) is 0 Å². The van der Waals surface area contributed by atoms with E-state index in [0.717, 1.165) is 12.0 Å². The summed E-state index contributed by atoms with van der Waals surface area (Å²) in [4.78, 5) is 12.3. The Morgan fingerprint density at radius 1 is 1.54 bits per heavy atom. The summed E-state index contributed by atoms with van der Waals surface area (Å²) in [6.45, 7) is 2.09. The fraction of sp³-hybridized carbons (Fsp3) is 0.263. The summed E-state index contributed by atoms with van der Waals surface area (Å²) in [5.74, 6) is -0.375. The van der Waals surface area contributed by atoms with Crippen molar-refractivity contribution in [3.8, 4) is 6.07 Å². The molecule has 1 aliphatic carbocycles. The number of hydrogen-bond donors (Lipinski definition) is 0. The van der Waals surface area contributed by atoms with Gasteiger partial charge in [-0.2, -0.15) is 16.6 Å². The summed E-state index contributed by atoms with van der Waals surface area (Å²) in [5.41, 5.74) is 4.14. The highest BCUT2D eigenvalue weighted by Gasteiger charge is 2.27. The van der Waals surface area contributed by atoms with Crippen molar-refractivity contribution >= 4 is 22.9 Å². The first-order valence-electron chi connectivity index (χ1n) is 7.83. The molecule has 0 aromatic carbocycles. The van der Waals surface area contributed by atoms with E-state index in [2.05, 4.69) is 41.1 Å². The molecule has 24 heavy (non-hydrogen) atoms. The average Bonchev–Trinajstić information content (AvgIpc) is 3.22. The molecule has 2 aromatic heterocycles. The van der Waals surface area contributed by atoms with Crippen LogP contribution < -0.4 is 0 Å². The highest BCUT2D eigenvalue weighted by molar-refractivity contribution is 7.08. The number of carbonyl (C=O) groups is 1. The van der Waals surface area contributed by atoms with Gasteiger partial charge in [0, 0.05) is 24.7 Å². The predicted molar refractivity (Wildman–Crippen MR) is 94.9 cm³/mol. The Morgan fingerprint density at radius 2 is 2.38 bits per heavy atom. The van der Waals surface area contributed by atoms with Crippen LogP contribution in [0.5, 0.6) is 0 Å². The molecule has 2 aromatic rings. The Bertz CT molecular complexity index is 851. The minimum Gasteiger partial charge on any atom is -0.461 e. The van der Waals surface area contributed by atoms with Crippen molar-refractivity contribution in [3.05, 3.63) is 63.6 Å². The quantitative estimate of drug-likeness (QED) is 0.783. The average molecular weight is 338 g/mol. The molecular formula is C19H18N2O2S. The Morgan fingerprint density at radius 3 is 2.96 bits per heavy atom. The van der Waals surface area contributed by atoms with Gasteiger partial charge < -0.3 is 9.30 Å². The summed E-state index contributed by atoms with van der Waals surface area (Å²) in [5, 5.41) is 13.6. The first-order valence-corrected chi connectivity index (χ1v) is 8.77. The maximum Gasteiger partial charge on any atom is 0.355 e. The molecule has 1 atom stereocenters. The van der Waals surface area contributed by atoms with Gasteiger partial charge in [0.2, 0.25) is 0 Å². The molecule has 0 spiro atoms. The lowest BCUT2D eigenvalue weighted by atomic mass is 9.87. The molecule has 1 aliphatic rings. The number of hydrogen-bond acceptors (Lipinski definition) is 4. The number of aromatic nitrogens is 1. The van der Waals surface area contributed by atoms with Crippen molar-refractivity contribution in [1.29, 1.82) is 5.26 Å². The van der Waals surface area contributed by atoms with Crippen molar-refractivity contribution in [2.24, 2.45) is 7.05 Å². The van der Waals surface area contributed by atoms with Crippen molar-refractivity contribution in [2.45, 2.75) is 19.3 Å². The lowest BCUT2D eigenvalue weighted by Gasteiger charge is -2.17. The molecule has 3 rings (SSSR count). The number of allylic oxidation sites excluding steroid dienone is 4. The molecule has 0 N–H and O–H groups in total. The Kier molecular flexibility index (Phi) is 4.68. The third kappa shape index (κ3) is 2.93. The zero-order valence-electron chi connectivity index (χ0n) is 13.7. The molecule has 0 amide bonds. The molecular weight excluding hydrogens is 320 g/mol. The minimum atomic E-state index is -0.377. The molecule has 0 saturated carbocycles. The monoisotopic (exact) mass is 338 g/mol. The number of carbonyl (C=O) groups excluding carboxylic acids is 1. The summed E-state index contributed by atoms with van der Waals surface area (Å²) < 4.78 is 6.86. The van der Waals surface area contributed by atoms with Crippen LogP contribution >= 0.6 is 11.3 Å². The number of ether oxygens (including phenoxy) is 1. The fourth-order valence-electron chi connectivity index (χ4n) is 3.04. The maximum absolute atomic E-state index is 12.3. The van der Waals surface area contributed by atoms with Crippen LogP contribution in [0.1, 0.15) is 46.4 Å². The molecule has 1 unspecified atom stereocenters. The van der Waals surface area contributed by atoms with Crippen LogP contribution in [0.4, 0.5) is 0 Å². The van der Waals surface area contributed by atoms with Gasteiger partial charge in [0.15, 0.2) is 0 Å². The Labute approximate surface area is 145 Å². The standard InChI is InChI=1S/C19H18N2O2S/c1-3-23-19(22)18-17(16(10-20)11-21(18)2)14-6-4-13(5-7-14)15-8-9-24-12-15/h4-6,8-9,11-12,14H,3,7H2,1-2H3. The van der Waals surface area contributed by atoms with E-state index in [0.29, 0.717) is 17.9 Å². The zero-order valence-corrected chi connectivity index (χ0v) is 14.5.